The van der Waals surface area contributed by atoms with Crippen LogP contribution in [0.4, 0.5) is 16.0 Å². The van der Waals surface area contributed by atoms with Crippen molar-refractivity contribution in [3.63, 3.8) is 0 Å². The molecular formula is C11H7FN6O3. The third-order valence-electron chi connectivity index (χ3n) is 2.33. The fourth-order valence-electron chi connectivity index (χ4n) is 1.41. The summed E-state index contributed by atoms with van der Waals surface area (Å²) in [6, 6.07) is 5.24. The van der Waals surface area contributed by atoms with Crippen molar-refractivity contribution in [1.29, 1.82) is 5.26 Å². The summed E-state index contributed by atoms with van der Waals surface area (Å²) < 4.78 is 18.6. The van der Waals surface area contributed by atoms with Gasteiger partial charge in [-0.25, -0.2) is 10.8 Å². The number of nitrogens with zero attached hydrogens (tertiary/aromatic N) is 4. The monoisotopic (exact) mass is 290 g/mol. The van der Waals surface area contributed by atoms with Crippen molar-refractivity contribution < 1.29 is 14.1 Å². The average molecular weight is 290 g/mol. The Kier molecular flexibility index (Phi) is 3.87. The van der Waals surface area contributed by atoms with Gasteiger partial charge in [0.25, 0.3) is 5.88 Å². The molecule has 106 valence electrons. The molecule has 0 atom stereocenters. The molecule has 0 aliphatic carbocycles. The molecule has 0 spiro atoms. The second-order valence-electron chi connectivity index (χ2n) is 3.64. The Morgan fingerprint density at radius 1 is 1.52 bits per heavy atom. The van der Waals surface area contributed by atoms with Gasteiger partial charge in [0.1, 0.15) is 0 Å². The number of hydrogen-bond donors (Lipinski definition) is 2. The maximum atomic E-state index is 13.5. The van der Waals surface area contributed by atoms with E-state index in [2.05, 4.69) is 15.4 Å². The number of anilines is 1. The Morgan fingerprint density at radius 3 is 2.90 bits per heavy atom. The summed E-state index contributed by atoms with van der Waals surface area (Å²) in [6.45, 7) is 0. The molecule has 0 fully saturated rings. The SMILES string of the molecule is N#Cc1ccc(Oc2nc(NN)ncc2F)c([N+](=O)[O-])c1. The number of nitro benzene ring substituents is 1. The first-order valence-electron chi connectivity index (χ1n) is 5.40. The Labute approximate surface area is 116 Å². The molecule has 0 aliphatic heterocycles. The van der Waals surface area contributed by atoms with E-state index >= 15 is 0 Å². The van der Waals surface area contributed by atoms with Crippen LogP contribution in [0.1, 0.15) is 5.56 Å². The first kappa shape index (κ1) is 14.1. The van der Waals surface area contributed by atoms with Crippen LogP contribution in [-0.2, 0) is 0 Å². The van der Waals surface area contributed by atoms with Crippen LogP contribution in [0.25, 0.3) is 0 Å². The summed E-state index contributed by atoms with van der Waals surface area (Å²) in [5.74, 6) is 3.23. The van der Waals surface area contributed by atoms with Gasteiger partial charge < -0.3 is 4.74 Å². The summed E-state index contributed by atoms with van der Waals surface area (Å²) in [7, 11) is 0. The Hall–Kier alpha value is -3.32. The van der Waals surface area contributed by atoms with Gasteiger partial charge in [-0.1, -0.05) is 0 Å². The zero-order valence-corrected chi connectivity index (χ0v) is 10.3. The second kappa shape index (κ2) is 5.76. The molecule has 1 aromatic heterocycles. The summed E-state index contributed by atoms with van der Waals surface area (Å²) in [4.78, 5) is 17.3. The van der Waals surface area contributed by atoms with Gasteiger partial charge in [-0.05, 0) is 12.1 Å². The number of nitro groups is 1. The van der Waals surface area contributed by atoms with Crippen molar-refractivity contribution in [2.24, 2.45) is 5.84 Å². The molecule has 1 aromatic carbocycles. The number of benzene rings is 1. The minimum absolute atomic E-state index is 0.0709. The molecule has 10 heteroatoms. The lowest BCUT2D eigenvalue weighted by molar-refractivity contribution is -0.385. The number of nitriles is 1. The van der Waals surface area contributed by atoms with Crippen LogP contribution in [0, 0.1) is 27.3 Å². The van der Waals surface area contributed by atoms with Crippen LogP contribution in [0.15, 0.2) is 24.4 Å². The second-order valence-corrected chi connectivity index (χ2v) is 3.64. The van der Waals surface area contributed by atoms with Crippen LogP contribution in [0.3, 0.4) is 0 Å². The predicted octanol–water partition coefficient (Wildman–Crippen LogP) is 1.47. The van der Waals surface area contributed by atoms with E-state index in [1.165, 1.54) is 12.1 Å². The van der Waals surface area contributed by atoms with E-state index in [-0.39, 0.29) is 17.3 Å². The van der Waals surface area contributed by atoms with Gasteiger partial charge in [0, 0.05) is 6.07 Å². The number of nitrogen functional groups attached to an aromatic ring is 1. The minimum Gasteiger partial charge on any atom is -0.429 e. The number of hydrazine groups is 1. The maximum Gasteiger partial charge on any atom is 0.312 e. The number of hydrogen-bond acceptors (Lipinski definition) is 8. The Bertz CT molecular complexity index is 745. The van der Waals surface area contributed by atoms with E-state index in [0.29, 0.717) is 0 Å². The number of nitrogens with two attached hydrogens (primary N) is 1. The van der Waals surface area contributed by atoms with E-state index in [9.17, 15) is 14.5 Å². The van der Waals surface area contributed by atoms with Gasteiger partial charge in [-0.3, -0.25) is 15.5 Å². The Morgan fingerprint density at radius 2 is 2.29 bits per heavy atom. The van der Waals surface area contributed by atoms with E-state index in [0.717, 1.165) is 12.3 Å². The average Bonchev–Trinajstić information content (AvgIpc) is 2.49. The molecule has 9 nitrogen and oxygen atoms in total. The van der Waals surface area contributed by atoms with Gasteiger partial charge in [-0.2, -0.15) is 14.6 Å². The lowest BCUT2D eigenvalue weighted by atomic mass is 10.2. The number of ether oxygens (including phenoxy) is 1. The van der Waals surface area contributed by atoms with Gasteiger partial charge in [0.15, 0.2) is 0 Å². The summed E-state index contributed by atoms with van der Waals surface area (Å²) in [5.41, 5.74) is 1.67. The highest BCUT2D eigenvalue weighted by molar-refractivity contribution is 5.52. The normalized spacial score (nSPS) is 9.76. The molecule has 0 saturated carbocycles. The fourth-order valence-corrected chi connectivity index (χ4v) is 1.41. The highest BCUT2D eigenvalue weighted by atomic mass is 19.1. The predicted molar refractivity (Wildman–Crippen MR) is 67.7 cm³/mol. The first-order valence-corrected chi connectivity index (χ1v) is 5.40. The standard InChI is InChI=1S/C11H7FN6O3/c12-7-5-15-11(17-14)16-10(7)21-9-2-1-6(4-13)3-8(9)18(19)20/h1-3,5H,14H2,(H,15,16,17). The summed E-state index contributed by atoms with van der Waals surface area (Å²) >= 11 is 0. The lowest BCUT2D eigenvalue weighted by Crippen LogP contribution is -2.11. The molecule has 0 unspecified atom stereocenters. The number of halogens is 1. The molecule has 0 aliphatic rings. The largest absolute Gasteiger partial charge is 0.429 e. The van der Waals surface area contributed by atoms with Crippen molar-refractivity contribution >= 4 is 11.6 Å². The summed E-state index contributed by atoms with van der Waals surface area (Å²) in [5, 5.41) is 19.7. The molecule has 1 heterocycles. The zero-order chi connectivity index (χ0) is 15.4. The van der Waals surface area contributed by atoms with Crippen molar-refractivity contribution in [1.82, 2.24) is 9.97 Å². The third-order valence-corrected chi connectivity index (χ3v) is 2.33. The van der Waals surface area contributed by atoms with Gasteiger partial charge in [0.2, 0.25) is 17.5 Å². The van der Waals surface area contributed by atoms with Crippen LogP contribution >= 0.6 is 0 Å². The van der Waals surface area contributed by atoms with Crippen LogP contribution < -0.4 is 16.0 Å². The van der Waals surface area contributed by atoms with E-state index < -0.39 is 22.3 Å². The number of rotatable bonds is 4. The molecule has 2 aromatic rings. The van der Waals surface area contributed by atoms with Gasteiger partial charge >= 0.3 is 5.69 Å². The van der Waals surface area contributed by atoms with Crippen molar-refractivity contribution in [2.75, 3.05) is 5.43 Å². The van der Waals surface area contributed by atoms with E-state index in [1.807, 2.05) is 0 Å². The van der Waals surface area contributed by atoms with Crippen LogP contribution in [-0.4, -0.2) is 14.9 Å². The lowest BCUT2D eigenvalue weighted by Gasteiger charge is -2.07. The molecule has 0 saturated heterocycles. The number of aromatic nitrogens is 2. The van der Waals surface area contributed by atoms with Gasteiger partial charge in [-0.15, -0.1) is 0 Å². The third kappa shape index (κ3) is 2.99. The smallest absolute Gasteiger partial charge is 0.312 e. The number of nitrogens with one attached hydrogen (secondary N) is 1. The quantitative estimate of drug-likeness (QED) is 0.490. The van der Waals surface area contributed by atoms with Crippen molar-refractivity contribution in [3.8, 4) is 17.7 Å². The molecule has 2 rings (SSSR count). The molecular weight excluding hydrogens is 283 g/mol. The Balaban J connectivity index is 2.44. The molecule has 0 radical (unpaired) electrons. The minimum atomic E-state index is -0.923. The van der Waals surface area contributed by atoms with Crippen molar-refractivity contribution in [2.45, 2.75) is 0 Å². The molecule has 21 heavy (non-hydrogen) atoms. The first-order chi connectivity index (χ1) is 10.0. The van der Waals surface area contributed by atoms with Gasteiger partial charge in [0.05, 0.1) is 22.8 Å². The molecule has 0 amide bonds. The van der Waals surface area contributed by atoms with E-state index in [4.69, 9.17) is 15.8 Å². The highest BCUT2D eigenvalue weighted by Gasteiger charge is 2.19. The van der Waals surface area contributed by atoms with Crippen LogP contribution in [0.2, 0.25) is 0 Å². The maximum absolute atomic E-state index is 13.5. The molecule has 0 bridgehead atoms. The summed E-state index contributed by atoms with van der Waals surface area (Å²) in [6.07, 6.45) is 0.799. The van der Waals surface area contributed by atoms with Crippen molar-refractivity contribution in [3.05, 3.63) is 45.9 Å². The van der Waals surface area contributed by atoms with E-state index in [1.54, 1.807) is 6.07 Å². The van der Waals surface area contributed by atoms with Crippen LogP contribution in [0.5, 0.6) is 11.6 Å². The molecule has 3 N–H and O–H groups in total. The fraction of sp³-hybridized carbons (Fsp3) is 0. The highest BCUT2D eigenvalue weighted by Crippen LogP contribution is 2.32. The topological polar surface area (TPSA) is 140 Å². The zero-order valence-electron chi connectivity index (χ0n) is 10.3.